The van der Waals surface area contributed by atoms with Crippen LogP contribution in [0, 0.1) is 0 Å². The zero-order chi connectivity index (χ0) is 15.8. The molecule has 1 aromatic rings. The van der Waals surface area contributed by atoms with E-state index < -0.39 is 6.10 Å². The molecule has 1 aromatic carbocycles. The summed E-state index contributed by atoms with van der Waals surface area (Å²) >= 11 is 0. The molecule has 0 spiro atoms. The van der Waals surface area contributed by atoms with Crippen molar-refractivity contribution in [2.24, 2.45) is 0 Å². The molecule has 0 aliphatic rings. The van der Waals surface area contributed by atoms with Gasteiger partial charge in [0.15, 0.2) is 0 Å². The maximum absolute atomic E-state index is 12.2. The van der Waals surface area contributed by atoms with Crippen molar-refractivity contribution in [2.75, 3.05) is 13.6 Å². The van der Waals surface area contributed by atoms with E-state index >= 15 is 0 Å². The SMILES string of the molecule is CC(=O)NC(CC(=O)N(C)CCC(C)O)c1ccccc1. The summed E-state index contributed by atoms with van der Waals surface area (Å²) in [7, 11) is 1.71. The fourth-order valence-corrected chi connectivity index (χ4v) is 2.02. The minimum atomic E-state index is -0.430. The number of rotatable bonds is 7. The monoisotopic (exact) mass is 292 g/mol. The van der Waals surface area contributed by atoms with Gasteiger partial charge in [-0.3, -0.25) is 9.59 Å². The molecule has 116 valence electrons. The predicted octanol–water partition coefficient (Wildman–Crippen LogP) is 1.48. The Labute approximate surface area is 126 Å². The van der Waals surface area contributed by atoms with Crippen LogP contribution in [-0.2, 0) is 9.59 Å². The van der Waals surface area contributed by atoms with Crippen molar-refractivity contribution in [3.63, 3.8) is 0 Å². The number of hydrogen-bond acceptors (Lipinski definition) is 3. The molecule has 1 rings (SSSR count). The Balaban J connectivity index is 2.68. The Morgan fingerprint density at radius 2 is 1.90 bits per heavy atom. The first-order chi connectivity index (χ1) is 9.90. The Morgan fingerprint density at radius 1 is 1.29 bits per heavy atom. The summed E-state index contributed by atoms with van der Waals surface area (Å²) < 4.78 is 0. The number of carbonyl (C=O) groups is 2. The van der Waals surface area contributed by atoms with Gasteiger partial charge < -0.3 is 15.3 Å². The number of benzene rings is 1. The van der Waals surface area contributed by atoms with Gasteiger partial charge in [-0.25, -0.2) is 0 Å². The zero-order valence-electron chi connectivity index (χ0n) is 12.9. The lowest BCUT2D eigenvalue weighted by molar-refractivity contribution is -0.131. The molecule has 0 saturated carbocycles. The predicted molar refractivity (Wildman–Crippen MR) is 81.6 cm³/mol. The zero-order valence-corrected chi connectivity index (χ0v) is 12.9. The third-order valence-electron chi connectivity index (χ3n) is 3.27. The minimum absolute atomic E-state index is 0.0572. The Hall–Kier alpha value is -1.88. The summed E-state index contributed by atoms with van der Waals surface area (Å²) in [6.07, 6.45) is 0.318. The van der Waals surface area contributed by atoms with E-state index in [4.69, 9.17) is 0 Å². The summed E-state index contributed by atoms with van der Waals surface area (Å²) in [5.41, 5.74) is 0.907. The van der Waals surface area contributed by atoms with Gasteiger partial charge in [-0.1, -0.05) is 30.3 Å². The van der Waals surface area contributed by atoms with Gasteiger partial charge in [-0.05, 0) is 18.9 Å². The van der Waals surface area contributed by atoms with Crippen molar-refractivity contribution in [1.82, 2.24) is 10.2 Å². The van der Waals surface area contributed by atoms with Gasteiger partial charge in [-0.2, -0.15) is 0 Å². The van der Waals surface area contributed by atoms with E-state index in [1.54, 1.807) is 18.9 Å². The fraction of sp³-hybridized carbons (Fsp3) is 0.500. The lowest BCUT2D eigenvalue weighted by Crippen LogP contribution is -2.34. The van der Waals surface area contributed by atoms with Gasteiger partial charge in [0.1, 0.15) is 0 Å². The van der Waals surface area contributed by atoms with E-state index in [1.807, 2.05) is 30.3 Å². The van der Waals surface area contributed by atoms with Crippen LogP contribution in [0.2, 0.25) is 0 Å². The van der Waals surface area contributed by atoms with Crippen molar-refractivity contribution >= 4 is 11.8 Å². The molecule has 2 unspecified atom stereocenters. The number of nitrogens with one attached hydrogen (secondary N) is 1. The van der Waals surface area contributed by atoms with Crippen LogP contribution in [0.15, 0.2) is 30.3 Å². The van der Waals surface area contributed by atoms with Crippen LogP contribution in [0.4, 0.5) is 0 Å². The summed E-state index contributed by atoms with van der Waals surface area (Å²) in [5, 5.41) is 12.1. The van der Waals surface area contributed by atoms with Crippen LogP contribution in [0.1, 0.15) is 38.3 Å². The van der Waals surface area contributed by atoms with Crippen molar-refractivity contribution in [1.29, 1.82) is 0 Å². The van der Waals surface area contributed by atoms with Gasteiger partial charge in [0.25, 0.3) is 0 Å². The number of nitrogens with zero attached hydrogens (tertiary/aromatic N) is 1. The first-order valence-electron chi connectivity index (χ1n) is 7.14. The smallest absolute Gasteiger partial charge is 0.224 e. The quantitative estimate of drug-likeness (QED) is 0.800. The van der Waals surface area contributed by atoms with Crippen molar-refractivity contribution < 1.29 is 14.7 Å². The number of hydrogen-bond donors (Lipinski definition) is 2. The highest BCUT2D eigenvalue weighted by molar-refractivity contribution is 5.79. The maximum atomic E-state index is 12.2. The average Bonchev–Trinajstić information content (AvgIpc) is 2.44. The summed E-state index contributed by atoms with van der Waals surface area (Å²) in [6, 6.07) is 9.11. The first-order valence-corrected chi connectivity index (χ1v) is 7.14. The average molecular weight is 292 g/mol. The summed E-state index contributed by atoms with van der Waals surface area (Å²) in [5.74, 6) is -0.221. The highest BCUT2D eigenvalue weighted by Crippen LogP contribution is 2.17. The van der Waals surface area contributed by atoms with Crippen molar-refractivity contribution in [3.8, 4) is 0 Å². The van der Waals surface area contributed by atoms with Crippen LogP contribution in [0.3, 0.4) is 0 Å². The van der Waals surface area contributed by atoms with Crippen LogP contribution in [-0.4, -0.2) is 41.5 Å². The molecular formula is C16H24N2O3. The molecule has 0 aromatic heterocycles. The molecule has 0 aliphatic carbocycles. The molecule has 5 heteroatoms. The molecule has 2 N–H and O–H groups in total. The summed E-state index contributed by atoms with van der Waals surface area (Å²) in [4.78, 5) is 25.1. The topological polar surface area (TPSA) is 69.6 Å². The lowest BCUT2D eigenvalue weighted by atomic mass is 10.0. The van der Waals surface area contributed by atoms with Gasteiger partial charge in [-0.15, -0.1) is 0 Å². The van der Waals surface area contributed by atoms with Gasteiger partial charge in [0.05, 0.1) is 18.6 Å². The van der Waals surface area contributed by atoms with E-state index in [0.29, 0.717) is 13.0 Å². The highest BCUT2D eigenvalue weighted by atomic mass is 16.3. The van der Waals surface area contributed by atoms with Gasteiger partial charge >= 0.3 is 0 Å². The molecular weight excluding hydrogens is 268 g/mol. The molecule has 0 bridgehead atoms. The molecule has 0 fully saturated rings. The second kappa shape index (κ2) is 8.42. The summed E-state index contributed by atoms with van der Waals surface area (Å²) in [6.45, 7) is 3.64. The third-order valence-corrected chi connectivity index (χ3v) is 3.27. The van der Waals surface area contributed by atoms with E-state index in [0.717, 1.165) is 5.56 Å². The van der Waals surface area contributed by atoms with Crippen LogP contribution in [0.25, 0.3) is 0 Å². The molecule has 0 radical (unpaired) electrons. The van der Waals surface area contributed by atoms with E-state index in [2.05, 4.69) is 5.32 Å². The maximum Gasteiger partial charge on any atom is 0.224 e. The van der Waals surface area contributed by atoms with Crippen LogP contribution in [0.5, 0.6) is 0 Å². The first kappa shape index (κ1) is 17.2. The van der Waals surface area contributed by atoms with Crippen LogP contribution < -0.4 is 5.32 Å². The van der Waals surface area contributed by atoms with Crippen LogP contribution >= 0.6 is 0 Å². The molecule has 2 atom stereocenters. The Kier molecular flexibility index (Phi) is 6.88. The molecule has 21 heavy (non-hydrogen) atoms. The second-order valence-electron chi connectivity index (χ2n) is 5.32. The third kappa shape index (κ3) is 6.40. The standard InChI is InChI=1S/C16H24N2O3/c1-12(19)9-10-18(3)16(21)11-15(17-13(2)20)14-7-5-4-6-8-14/h4-8,12,15,19H,9-11H2,1-3H3,(H,17,20). The number of carbonyl (C=O) groups excluding carboxylic acids is 2. The van der Waals surface area contributed by atoms with Gasteiger partial charge in [0, 0.05) is 20.5 Å². The van der Waals surface area contributed by atoms with Gasteiger partial charge in [0.2, 0.25) is 11.8 Å². The number of aliphatic hydroxyl groups is 1. The normalized spacial score (nSPS) is 13.3. The number of aliphatic hydroxyl groups excluding tert-OH is 1. The molecule has 0 aliphatic heterocycles. The fourth-order valence-electron chi connectivity index (χ4n) is 2.02. The lowest BCUT2D eigenvalue weighted by Gasteiger charge is -2.23. The van der Waals surface area contributed by atoms with E-state index in [-0.39, 0.29) is 24.3 Å². The number of amides is 2. The molecule has 0 heterocycles. The van der Waals surface area contributed by atoms with E-state index in [9.17, 15) is 14.7 Å². The minimum Gasteiger partial charge on any atom is -0.393 e. The van der Waals surface area contributed by atoms with E-state index in [1.165, 1.54) is 6.92 Å². The molecule has 5 nitrogen and oxygen atoms in total. The van der Waals surface area contributed by atoms with Crippen molar-refractivity contribution in [2.45, 2.75) is 38.8 Å². The Morgan fingerprint density at radius 3 is 2.43 bits per heavy atom. The largest absolute Gasteiger partial charge is 0.393 e. The Bertz CT molecular complexity index is 460. The highest BCUT2D eigenvalue weighted by Gasteiger charge is 2.19. The second-order valence-corrected chi connectivity index (χ2v) is 5.32. The van der Waals surface area contributed by atoms with Crippen molar-refractivity contribution in [3.05, 3.63) is 35.9 Å². The molecule has 0 saturated heterocycles. The molecule has 2 amide bonds.